The Hall–Kier alpha value is -1.06. The molecule has 0 aromatic carbocycles. The molecular formula is C10H16N2O2. The maximum atomic E-state index is 10.9. The molecule has 2 N–H and O–H groups in total. The van der Waals surface area contributed by atoms with Gasteiger partial charge in [0.1, 0.15) is 5.84 Å². The predicted molar refractivity (Wildman–Crippen MR) is 53.0 cm³/mol. The number of carbonyl (C=O) groups excluding carboxylic acids is 1. The highest BCUT2D eigenvalue weighted by molar-refractivity contribution is 5.99. The maximum Gasteiger partial charge on any atom is 0.436 e. The summed E-state index contributed by atoms with van der Waals surface area (Å²) in [7, 11) is 0. The van der Waals surface area contributed by atoms with E-state index in [0.29, 0.717) is 17.7 Å². The molecule has 0 spiro atoms. The molecule has 2 aliphatic rings. The first-order valence-electron chi connectivity index (χ1n) is 5.21. The zero-order chi connectivity index (χ0) is 10.1. The van der Waals surface area contributed by atoms with Gasteiger partial charge in [0.25, 0.3) is 0 Å². The summed E-state index contributed by atoms with van der Waals surface area (Å²) in [6, 6.07) is 0. The SMILES string of the molecule is CC1CCCC(C2OC(=O)N=C2N)C1. The van der Waals surface area contributed by atoms with E-state index in [1.807, 2.05) is 0 Å². The lowest BCUT2D eigenvalue weighted by Crippen LogP contribution is -2.36. The fourth-order valence-corrected chi connectivity index (χ4v) is 2.46. The first-order chi connectivity index (χ1) is 6.66. The Kier molecular flexibility index (Phi) is 2.44. The minimum atomic E-state index is -0.522. The second-order valence-electron chi connectivity index (χ2n) is 4.37. The average Bonchev–Trinajstić information content (AvgIpc) is 2.45. The number of nitrogens with zero attached hydrogens (tertiary/aromatic N) is 1. The van der Waals surface area contributed by atoms with Crippen molar-refractivity contribution < 1.29 is 9.53 Å². The van der Waals surface area contributed by atoms with Crippen LogP contribution >= 0.6 is 0 Å². The van der Waals surface area contributed by atoms with Gasteiger partial charge in [0, 0.05) is 5.92 Å². The smallest absolute Gasteiger partial charge is 0.436 e. The van der Waals surface area contributed by atoms with Gasteiger partial charge in [-0.1, -0.05) is 19.8 Å². The third-order valence-corrected chi connectivity index (χ3v) is 3.14. The largest absolute Gasteiger partial charge is 0.436 e. The molecular weight excluding hydrogens is 180 g/mol. The summed E-state index contributed by atoms with van der Waals surface area (Å²) in [6.45, 7) is 2.23. The summed E-state index contributed by atoms with van der Waals surface area (Å²) < 4.78 is 5.09. The summed E-state index contributed by atoms with van der Waals surface area (Å²) in [4.78, 5) is 14.5. The topological polar surface area (TPSA) is 64.7 Å². The molecule has 1 aliphatic heterocycles. The third-order valence-electron chi connectivity index (χ3n) is 3.14. The highest BCUT2D eigenvalue weighted by Crippen LogP contribution is 2.33. The van der Waals surface area contributed by atoms with Gasteiger partial charge in [0.2, 0.25) is 0 Å². The molecule has 14 heavy (non-hydrogen) atoms. The summed E-state index contributed by atoms with van der Waals surface area (Å²) in [5, 5.41) is 0. The van der Waals surface area contributed by atoms with Crippen LogP contribution in [0.1, 0.15) is 32.6 Å². The average molecular weight is 196 g/mol. The Morgan fingerprint density at radius 1 is 1.50 bits per heavy atom. The molecule has 4 nitrogen and oxygen atoms in total. The Balaban J connectivity index is 2.01. The van der Waals surface area contributed by atoms with Gasteiger partial charge in [-0.15, -0.1) is 0 Å². The third kappa shape index (κ3) is 1.74. The van der Waals surface area contributed by atoms with Crippen molar-refractivity contribution in [3.8, 4) is 0 Å². The number of hydrogen-bond acceptors (Lipinski definition) is 3. The molecule has 2 rings (SSSR count). The number of hydrogen-bond donors (Lipinski definition) is 1. The Morgan fingerprint density at radius 2 is 2.29 bits per heavy atom. The van der Waals surface area contributed by atoms with Crippen LogP contribution < -0.4 is 5.73 Å². The highest BCUT2D eigenvalue weighted by Gasteiger charge is 2.35. The van der Waals surface area contributed by atoms with Gasteiger partial charge in [-0.25, -0.2) is 4.79 Å². The monoisotopic (exact) mass is 196 g/mol. The first-order valence-corrected chi connectivity index (χ1v) is 5.21. The summed E-state index contributed by atoms with van der Waals surface area (Å²) in [5.41, 5.74) is 5.65. The van der Waals surface area contributed by atoms with Gasteiger partial charge < -0.3 is 10.5 Å². The van der Waals surface area contributed by atoms with Crippen molar-refractivity contribution in [3.05, 3.63) is 0 Å². The van der Waals surface area contributed by atoms with Gasteiger partial charge in [0.05, 0.1) is 0 Å². The van der Waals surface area contributed by atoms with Crippen LogP contribution in [0.4, 0.5) is 4.79 Å². The number of cyclic esters (lactones) is 1. The number of amides is 1. The van der Waals surface area contributed by atoms with Crippen molar-refractivity contribution in [2.45, 2.75) is 38.7 Å². The van der Waals surface area contributed by atoms with E-state index in [4.69, 9.17) is 10.5 Å². The van der Waals surface area contributed by atoms with Crippen LogP contribution in [0.15, 0.2) is 4.99 Å². The molecule has 78 valence electrons. The fraction of sp³-hybridized carbons (Fsp3) is 0.800. The number of nitrogens with two attached hydrogens (primary N) is 1. The highest BCUT2D eigenvalue weighted by atomic mass is 16.6. The molecule has 1 amide bonds. The molecule has 3 unspecified atom stereocenters. The van der Waals surface area contributed by atoms with Crippen LogP contribution in [0.5, 0.6) is 0 Å². The van der Waals surface area contributed by atoms with Crippen molar-refractivity contribution >= 4 is 11.9 Å². The summed E-state index contributed by atoms with van der Waals surface area (Å²) >= 11 is 0. The summed E-state index contributed by atoms with van der Waals surface area (Å²) in [6.07, 6.45) is 3.89. The van der Waals surface area contributed by atoms with Crippen molar-refractivity contribution in [3.63, 3.8) is 0 Å². The van der Waals surface area contributed by atoms with Gasteiger partial charge in [-0.2, -0.15) is 4.99 Å². The van der Waals surface area contributed by atoms with E-state index in [1.165, 1.54) is 12.8 Å². The van der Waals surface area contributed by atoms with Crippen LogP contribution in [0.2, 0.25) is 0 Å². The van der Waals surface area contributed by atoms with Gasteiger partial charge in [0.15, 0.2) is 6.10 Å². The normalized spacial score (nSPS) is 37.9. The number of amidine groups is 1. The molecule has 1 saturated carbocycles. The lowest BCUT2D eigenvalue weighted by molar-refractivity contribution is 0.0950. The zero-order valence-corrected chi connectivity index (χ0v) is 8.40. The number of aliphatic imine (C=N–C) groups is 1. The lowest BCUT2D eigenvalue weighted by Gasteiger charge is -2.29. The predicted octanol–water partition coefficient (Wildman–Crippen LogP) is 1.69. The van der Waals surface area contributed by atoms with Gasteiger partial charge in [-0.3, -0.25) is 0 Å². The van der Waals surface area contributed by atoms with E-state index in [1.54, 1.807) is 0 Å². The molecule has 3 atom stereocenters. The van der Waals surface area contributed by atoms with E-state index >= 15 is 0 Å². The molecule has 0 aromatic heterocycles. The van der Waals surface area contributed by atoms with Crippen molar-refractivity contribution in [2.24, 2.45) is 22.6 Å². The zero-order valence-electron chi connectivity index (χ0n) is 8.40. The molecule has 4 heteroatoms. The Bertz CT molecular complexity index is 275. The van der Waals surface area contributed by atoms with E-state index in [9.17, 15) is 4.79 Å². The molecule has 1 heterocycles. The van der Waals surface area contributed by atoms with Gasteiger partial charge >= 0.3 is 6.09 Å². The number of rotatable bonds is 1. The van der Waals surface area contributed by atoms with Gasteiger partial charge in [-0.05, 0) is 18.8 Å². The quantitative estimate of drug-likeness (QED) is 0.694. The van der Waals surface area contributed by atoms with Crippen LogP contribution in [0.25, 0.3) is 0 Å². The van der Waals surface area contributed by atoms with Crippen LogP contribution in [0, 0.1) is 11.8 Å². The Labute approximate surface area is 83.5 Å². The molecule has 1 fully saturated rings. The minimum Gasteiger partial charge on any atom is -0.436 e. The molecule has 0 bridgehead atoms. The first kappa shape index (κ1) is 9.49. The standard InChI is InChI=1S/C10H16N2O2/c1-6-3-2-4-7(5-6)8-9(11)12-10(13)14-8/h6-8H,2-5H2,1H3,(H2,11,12,13). The van der Waals surface area contributed by atoms with E-state index in [-0.39, 0.29) is 6.10 Å². The van der Waals surface area contributed by atoms with Crippen molar-refractivity contribution in [2.75, 3.05) is 0 Å². The molecule has 0 saturated heterocycles. The number of carbonyl (C=O) groups is 1. The van der Waals surface area contributed by atoms with Crippen molar-refractivity contribution in [1.29, 1.82) is 0 Å². The minimum absolute atomic E-state index is 0.245. The molecule has 0 aromatic rings. The van der Waals surface area contributed by atoms with E-state index in [0.717, 1.165) is 12.8 Å². The molecule has 0 radical (unpaired) electrons. The maximum absolute atomic E-state index is 10.9. The Morgan fingerprint density at radius 3 is 2.86 bits per heavy atom. The van der Waals surface area contributed by atoms with E-state index < -0.39 is 6.09 Å². The van der Waals surface area contributed by atoms with Crippen LogP contribution in [-0.2, 0) is 4.74 Å². The lowest BCUT2D eigenvalue weighted by atomic mass is 9.79. The van der Waals surface area contributed by atoms with Crippen molar-refractivity contribution in [1.82, 2.24) is 0 Å². The summed E-state index contributed by atoms with van der Waals surface area (Å²) in [5.74, 6) is 1.46. The van der Waals surface area contributed by atoms with Crippen LogP contribution in [0.3, 0.4) is 0 Å². The fourth-order valence-electron chi connectivity index (χ4n) is 2.46. The van der Waals surface area contributed by atoms with Crippen LogP contribution in [-0.4, -0.2) is 18.0 Å². The second-order valence-corrected chi connectivity index (χ2v) is 4.37. The number of ether oxygens (including phenoxy) is 1. The van der Waals surface area contributed by atoms with E-state index in [2.05, 4.69) is 11.9 Å². The molecule has 1 aliphatic carbocycles. The second kappa shape index (κ2) is 3.59.